The predicted molar refractivity (Wildman–Crippen MR) is 34.8 cm³/mol. The van der Waals surface area contributed by atoms with E-state index in [2.05, 4.69) is 4.74 Å². The Kier molecular flexibility index (Phi) is 2.80. The molecule has 1 heterocycles. The fourth-order valence-electron chi connectivity index (χ4n) is 1.06. The van der Waals surface area contributed by atoms with E-state index in [0.29, 0.717) is 0 Å². The highest BCUT2D eigenvalue weighted by molar-refractivity contribution is 4.85. The summed E-state index contributed by atoms with van der Waals surface area (Å²) in [6, 6.07) is 0. The maximum atomic E-state index is 9.15. The van der Waals surface area contributed by atoms with Crippen LogP contribution in [0, 0.1) is 0 Å². The summed E-state index contributed by atoms with van der Waals surface area (Å²) in [5.41, 5.74) is 0. The number of hydrogen-bond acceptors (Lipinski definition) is 5. The van der Waals surface area contributed by atoms with Crippen LogP contribution < -0.4 is 0 Å². The van der Waals surface area contributed by atoms with E-state index in [4.69, 9.17) is 20.1 Å². The molecule has 4 atom stereocenters. The van der Waals surface area contributed by atoms with Gasteiger partial charge in [-0.25, -0.2) is 0 Å². The molecule has 1 rings (SSSR count). The summed E-state index contributed by atoms with van der Waals surface area (Å²) in [6.07, 6.45) is -3.71. The van der Waals surface area contributed by atoms with E-state index in [1.807, 2.05) is 0 Å². The van der Waals surface area contributed by atoms with Crippen molar-refractivity contribution >= 4 is 0 Å². The first-order valence-electron chi connectivity index (χ1n) is 3.36. The Balaban J connectivity index is 2.53. The maximum absolute atomic E-state index is 9.15. The Morgan fingerprint density at radius 1 is 1.36 bits per heavy atom. The number of aliphatic hydroxyl groups excluding tert-OH is 3. The predicted octanol–water partition coefficient (Wildman–Crippen LogP) is -1.93. The third kappa shape index (κ3) is 1.52. The third-order valence-electron chi connectivity index (χ3n) is 1.73. The zero-order valence-electron chi connectivity index (χ0n) is 6.17. The number of ether oxygens (including phenoxy) is 2. The third-order valence-corrected chi connectivity index (χ3v) is 1.73. The van der Waals surface area contributed by atoms with Gasteiger partial charge >= 0.3 is 0 Å². The van der Waals surface area contributed by atoms with Crippen molar-refractivity contribution in [2.75, 3.05) is 13.7 Å². The van der Waals surface area contributed by atoms with E-state index in [-0.39, 0.29) is 6.61 Å². The minimum absolute atomic E-state index is 0.321. The molecule has 5 heteroatoms. The van der Waals surface area contributed by atoms with Crippen LogP contribution in [0.15, 0.2) is 0 Å². The van der Waals surface area contributed by atoms with Gasteiger partial charge in [0.2, 0.25) is 0 Å². The van der Waals surface area contributed by atoms with E-state index in [9.17, 15) is 0 Å². The molecule has 1 aliphatic rings. The molecule has 0 aromatic carbocycles. The van der Waals surface area contributed by atoms with Crippen LogP contribution in [-0.4, -0.2) is 53.6 Å². The van der Waals surface area contributed by atoms with Crippen molar-refractivity contribution < 1.29 is 24.8 Å². The van der Waals surface area contributed by atoms with Crippen LogP contribution in [0.2, 0.25) is 0 Å². The van der Waals surface area contributed by atoms with Crippen LogP contribution >= 0.6 is 0 Å². The van der Waals surface area contributed by atoms with Crippen LogP contribution in [-0.2, 0) is 9.47 Å². The van der Waals surface area contributed by atoms with E-state index in [1.165, 1.54) is 7.11 Å². The maximum Gasteiger partial charge on any atom is 0.186 e. The molecule has 0 bridgehead atoms. The Labute approximate surface area is 64.2 Å². The molecule has 0 saturated carbocycles. The Bertz CT molecular complexity index is 110. The second kappa shape index (κ2) is 3.46. The first kappa shape index (κ1) is 8.89. The molecule has 1 fully saturated rings. The molecule has 1 saturated heterocycles. The van der Waals surface area contributed by atoms with Crippen molar-refractivity contribution in [3.63, 3.8) is 0 Å². The average Bonchev–Trinajstić information content (AvgIpc) is 2.30. The summed E-state index contributed by atoms with van der Waals surface area (Å²) in [6.45, 7) is -0.321. The molecule has 0 aliphatic carbocycles. The van der Waals surface area contributed by atoms with Gasteiger partial charge in [0.05, 0.1) is 6.61 Å². The summed E-state index contributed by atoms with van der Waals surface area (Å²) in [5.74, 6) is 0. The molecule has 11 heavy (non-hydrogen) atoms. The van der Waals surface area contributed by atoms with Gasteiger partial charge in [0, 0.05) is 7.11 Å². The molecule has 1 aliphatic heterocycles. The Morgan fingerprint density at radius 3 is 2.27 bits per heavy atom. The van der Waals surface area contributed by atoms with Crippen LogP contribution in [0.5, 0.6) is 0 Å². The van der Waals surface area contributed by atoms with Gasteiger partial charge in [0.25, 0.3) is 0 Å². The summed E-state index contributed by atoms with van der Waals surface area (Å²) in [4.78, 5) is 0. The first-order valence-corrected chi connectivity index (χ1v) is 3.36. The molecule has 0 spiro atoms. The van der Waals surface area contributed by atoms with Gasteiger partial charge in [-0.15, -0.1) is 0 Å². The molecule has 0 aromatic rings. The molecule has 5 nitrogen and oxygen atoms in total. The highest BCUT2D eigenvalue weighted by atomic mass is 16.7. The highest BCUT2D eigenvalue weighted by Crippen LogP contribution is 2.20. The fraction of sp³-hybridized carbons (Fsp3) is 1.00. The molecule has 3 N–H and O–H groups in total. The largest absolute Gasteiger partial charge is 0.394 e. The minimum atomic E-state index is -1.07. The average molecular weight is 164 g/mol. The SMILES string of the molecule is CO[C@@H]1O[C@H](CO)C(O)[C@H]1O. The van der Waals surface area contributed by atoms with Crippen LogP contribution in [0.1, 0.15) is 0 Å². The van der Waals surface area contributed by atoms with Crippen molar-refractivity contribution in [1.82, 2.24) is 0 Å². The van der Waals surface area contributed by atoms with Crippen LogP contribution in [0.25, 0.3) is 0 Å². The lowest BCUT2D eigenvalue weighted by molar-refractivity contribution is -0.153. The normalized spacial score (nSPS) is 44.7. The fourth-order valence-corrected chi connectivity index (χ4v) is 1.06. The van der Waals surface area contributed by atoms with Gasteiger partial charge in [-0.05, 0) is 0 Å². The van der Waals surface area contributed by atoms with Crippen molar-refractivity contribution in [3.8, 4) is 0 Å². The summed E-state index contributed by atoms with van der Waals surface area (Å²) < 4.78 is 9.59. The van der Waals surface area contributed by atoms with E-state index < -0.39 is 24.6 Å². The quantitative estimate of drug-likeness (QED) is 0.443. The first-order chi connectivity index (χ1) is 5.20. The topological polar surface area (TPSA) is 79.2 Å². The molecular formula is C6H12O5. The van der Waals surface area contributed by atoms with E-state index in [0.717, 1.165) is 0 Å². The smallest absolute Gasteiger partial charge is 0.186 e. The minimum Gasteiger partial charge on any atom is -0.394 e. The molecule has 1 unspecified atom stereocenters. The van der Waals surface area contributed by atoms with Crippen molar-refractivity contribution in [3.05, 3.63) is 0 Å². The van der Waals surface area contributed by atoms with Gasteiger partial charge < -0.3 is 24.8 Å². The number of hydrogen-bond donors (Lipinski definition) is 3. The van der Waals surface area contributed by atoms with Crippen molar-refractivity contribution in [2.24, 2.45) is 0 Å². The molecule has 0 aromatic heterocycles. The molecule has 66 valence electrons. The molecular weight excluding hydrogens is 152 g/mol. The van der Waals surface area contributed by atoms with Gasteiger partial charge in [-0.1, -0.05) is 0 Å². The Hall–Kier alpha value is -0.200. The summed E-state index contributed by atoms with van der Waals surface area (Å²) in [5, 5.41) is 26.9. The van der Waals surface area contributed by atoms with Crippen LogP contribution in [0.4, 0.5) is 0 Å². The van der Waals surface area contributed by atoms with Crippen molar-refractivity contribution in [2.45, 2.75) is 24.6 Å². The second-order valence-corrected chi connectivity index (χ2v) is 2.44. The van der Waals surface area contributed by atoms with Crippen LogP contribution in [0.3, 0.4) is 0 Å². The van der Waals surface area contributed by atoms with Gasteiger partial charge in [0.15, 0.2) is 6.29 Å². The number of rotatable bonds is 2. The van der Waals surface area contributed by atoms with Gasteiger partial charge in [-0.3, -0.25) is 0 Å². The molecule has 0 amide bonds. The monoisotopic (exact) mass is 164 g/mol. The number of aliphatic hydroxyl groups is 3. The van der Waals surface area contributed by atoms with Crippen molar-refractivity contribution in [1.29, 1.82) is 0 Å². The lowest BCUT2D eigenvalue weighted by Crippen LogP contribution is -2.34. The zero-order chi connectivity index (χ0) is 8.43. The molecule has 0 radical (unpaired) electrons. The Morgan fingerprint density at radius 2 is 2.00 bits per heavy atom. The lowest BCUT2D eigenvalue weighted by atomic mass is 10.1. The summed E-state index contributed by atoms with van der Waals surface area (Å²) >= 11 is 0. The van der Waals surface area contributed by atoms with E-state index in [1.54, 1.807) is 0 Å². The standard InChI is InChI=1S/C6H12O5/c1-10-6-5(9)4(8)3(2-7)11-6/h3-9H,2H2,1H3/t3-,4?,5-,6-/m1/s1. The van der Waals surface area contributed by atoms with E-state index >= 15 is 0 Å². The summed E-state index contributed by atoms with van der Waals surface area (Å²) in [7, 11) is 1.36. The number of methoxy groups -OCH3 is 1. The van der Waals surface area contributed by atoms with Gasteiger partial charge in [0.1, 0.15) is 18.3 Å². The van der Waals surface area contributed by atoms with Gasteiger partial charge in [-0.2, -0.15) is 0 Å². The zero-order valence-corrected chi connectivity index (χ0v) is 6.17. The lowest BCUT2D eigenvalue weighted by Gasteiger charge is -2.11. The second-order valence-electron chi connectivity index (χ2n) is 2.44. The highest BCUT2D eigenvalue weighted by Gasteiger charge is 2.42.